The van der Waals surface area contributed by atoms with E-state index in [1.165, 1.54) is 0 Å². The first-order chi connectivity index (χ1) is 15.0. The number of likely N-dealkylation sites (tertiary alicyclic amines) is 1. The van der Waals surface area contributed by atoms with Crippen LogP contribution in [-0.4, -0.2) is 65.1 Å². The highest BCUT2D eigenvalue weighted by atomic mass is 16.6. The van der Waals surface area contributed by atoms with Crippen LogP contribution >= 0.6 is 0 Å². The lowest BCUT2D eigenvalue weighted by atomic mass is 9.46. The number of hydrogen-bond acceptors (Lipinski definition) is 5. The zero-order valence-electron chi connectivity index (χ0n) is 20.6. The molecule has 3 rings (SSSR count). The largest absolute Gasteiger partial charge is 0.446 e. The van der Waals surface area contributed by atoms with Gasteiger partial charge in [-0.15, -0.1) is 0 Å². The first kappa shape index (κ1) is 25.3. The third kappa shape index (κ3) is 4.93. The van der Waals surface area contributed by atoms with Crippen molar-refractivity contribution in [3.63, 3.8) is 0 Å². The third-order valence-electron chi connectivity index (χ3n) is 8.86. The summed E-state index contributed by atoms with van der Waals surface area (Å²) in [6, 6.07) is -0.0188. The Hall–Kier alpha value is -1.34. The van der Waals surface area contributed by atoms with E-state index in [9.17, 15) is 19.8 Å². The number of aliphatic hydroxyl groups excluding tert-OH is 2. The molecule has 32 heavy (non-hydrogen) atoms. The van der Waals surface area contributed by atoms with Crippen molar-refractivity contribution in [2.24, 2.45) is 28.6 Å². The lowest BCUT2D eigenvalue weighted by Crippen LogP contribution is -2.61. The van der Waals surface area contributed by atoms with Gasteiger partial charge in [0.05, 0.1) is 12.7 Å². The summed E-state index contributed by atoms with van der Waals surface area (Å²) in [6.45, 7) is 11.7. The molecule has 3 fully saturated rings. The number of hydrogen-bond donors (Lipinski definition) is 3. The predicted molar refractivity (Wildman–Crippen MR) is 123 cm³/mol. The maximum absolute atomic E-state index is 13.2. The highest BCUT2D eigenvalue weighted by Gasteiger charge is 2.60. The van der Waals surface area contributed by atoms with Gasteiger partial charge in [-0.3, -0.25) is 4.79 Å². The lowest BCUT2D eigenvalue weighted by molar-refractivity contribution is -0.187. The second-order valence-corrected chi connectivity index (χ2v) is 11.5. The van der Waals surface area contributed by atoms with E-state index in [0.29, 0.717) is 25.2 Å². The predicted octanol–water partition coefficient (Wildman–Crippen LogP) is 3.32. The summed E-state index contributed by atoms with van der Waals surface area (Å²) < 4.78 is 5.80. The number of aliphatic hydroxyl groups is 2. The van der Waals surface area contributed by atoms with Gasteiger partial charge in [-0.05, 0) is 75.5 Å². The summed E-state index contributed by atoms with van der Waals surface area (Å²) in [5.74, 6) is 0.718. The Bertz CT molecular complexity index is 677. The van der Waals surface area contributed by atoms with Gasteiger partial charge in [0.15, 0.2) is 0 Å². The van der Waals surface area contributed by atoms with Crippen LogP contribution < -0.4 is 5.32 Å². The third-order valence-corrected chi connectivity index (χ3v) is 8.86. The van der Waals surface area contributed by atoms with E-state index in [1.54, 1.807) is 0 Å². The highest BCUT2D eigenvalue weighted by Crippen LogP contribution is 2.61. The molecule has 3 N–H and O–H groups in total. The normalized spacial score (nSPS) is 38.3. The molecule has 6 atom stereocenters. The summed E-state index contributed by atoms with van der Waals surface area (Å²) >= 11 is 0. The topological polar surface area (TPSA) is 99.1 Å². The van der Waals surface area contributed by atoms with E-state index in [1.807, 2.05) is 25.7 Å². The number of carbonyl (C=O) groups excluding carboxylic acids is 2. The van der Waals surface area contributed by atoms with Gasteiger partial charge in [-0.25, -0.2) is 4.79 Å². The first-order valence-corrected chi connectivity index (χ1v) is 12.5. The number of nitrogens with zero attached hydrogens (tertiary/aromatic N) is 1. The zero-order valence-corrected chi connectivity index (χ0v) is 20.6. The molecular weight excluding hydrogens is 408 g/mol. The van der Waals surface area contributed by atoms with Crippen LogP contribution in [0.2, 0.25) is 0 Å². The fourth-order valence-electron chi connectivity index (χ4n) is 6.75. The molecule has 184 valence electrons. The summed E-state index contributed by atoms with van der Waals surface area (Å²) in [5.41, 5.74) is -0.897. The molecule has 0 aromatic rings. The van der Waals surface area contributed by atoms with Crippen molar-refractivity contribution in [1.29, 1.82) is 0 Å². The van der Waals surface area contributed by atoms with E-state index in [-0.39, 0.29) is 41.9 Å². The second-order valence-electron chi connectivity index (χ2n) is 11.5. The van der Waals surface area contributed by atoms with Crippen molar-refractivity contribution >= 4 is 12.0 Å². The number of piperidine rings is 1. The molecule has 2 amide bonds. The van der Waals surface area contributed by atoms with E-state index in [4.69, 9.17) is 4.74 Å². The summed E-state index contributed by atoms with van der Waals surface area (Å²) in [5, 5.41) is 24.3. The molecule has 0 aromatic heterocycles. The highest BCUT2D eigenvalue weighted by molar-refractivity contribution is 5.76. The van der Waals surface area contributed by atoms with Crippen molar-refractivity contribution in [2.45, 2.75) is 97.8 Å². The molecule has 7 heteroatoms. The Morgan fingerprint density at radius 3 is 2.38 bits per heavy atom. The van der Waals surface area contributed by atoms with E-state index < -0.39 is 17.6 Å². The molecule has 1 aliphatic heterocycles. The van der Waals surface area contributed by atoms with Gasteiger partial charge in [0, 0.05) is 31.0 Å². The molecular formula is C25H44N2O5. The zero-order chi connectivity index (χ0) is 23.7. The van der Waals surface area contributed by atoms with Crippen LogP contribution in [-0.2, 0) is 9.53 Å². The Balaban J connectivity index is 1.77. The molecule has 1 saturated heterocycles. The van der Waals surface area contributed by atoms with Crippen LogP contribution in [0.3, 0.4) is 0 Å². The molecule has 6 unspecified atom stereocenters. The minimum Gasteiger partial charge on any atom is -0.446 e. The smallest absolute Gasteiger partial charge is 0.407 e. The SMILES string of the molecule is CC1CCN(C(=O)CC2C(O)CCC3C(C)(CO)C(OC(=O)NC(C)C)CCC23C)CC1. The van der Waals surface area contributed by atoms with Gasteiger partial charge < -0.3 is 25.2 Å². The number of ether oxygens (including phenoxy) is 1. The minimum absolute atomic E-state index is 0.0188. The van der Waals surface area contributed by atoms with Gasteiger partial charge in [0.1, 0.15) is 6.10 Å². The van der Waals surface area contributed by atoms with Crippen molar-refractivity contribution in [1.82, 2.24) is 10.2 Å². The van der Waals surface area contributed by atoms with Gasteiger partial charge >= 0.3 is 6.09 Å². The van der Waals surface area contributed by atoms with Crippen molar-refractivity contribution in [3.05, 3.63) is 0 Å². The average molecular weight is 453 g/mol. The Morgan fingerprint density at radius 2 is 1.78 bits per heavy atom. The van der Waals surface area contributed by atoms with Gasteiger partial charge in [-0.2, -0.15) is 0 Å². The molecule has 0 radical (unpaired) electrons. The van der Waals surface area contributed by atoms with Crippen LogP contribution in [0, 0.1) is 28.6 Å². The lowest BCUT2D eigenvalue weighted by Gasteiger charge is -2.60. The van der Waals surface area contributed by atoms with E-state index >= 15 is 0 Å². The second kappa shape index (κ2) is 9.88. The number of nitrogens with one attached hydrogen (secondary N) is 1. The van der Waals surface area contributed by atoms with Crippen molar-refractivity contribution < 1.29 is 24.5 Å². The van der Waals surface area contributed by atoms with Crippen LogP contribution in [0.5, 0.6) is 0 Å². The summed E-state index contributed by atoms with van der Waals surface area (Å²) in [6.07, 6.45) is 3.82. The Morgan fingerprint density at radius 1 is 1.12 bits per heavy atom. The standard InChI is InChI=1S/C25H44N2O5/c1-16(2)26-23(31)32-21-8-11-24(4)18(14-22(30)27-12-9-17(3)10-13-27)19(29)6-7-20(24)25(21,5)15-28/h16-21,28-29H,6-15H2,1-5H3,(H,26,31). The van der Waals surface area contributed by atoms with Crippen LogP contribution in [0.1, 0.15) is 79.6 Å². The fourth-order valence-corrected chi connectivity index (χ4v) is 6.75. The molecule has 2 saturated carbocycles. The Labute approximate surface area is 193 Å². The molecule has 1 heterocycles. The van der Waals surface area contributed by atoms with Gasteiger partial charge in [-0.1, -0.05) is 20.8 Å². The van der Waals surface area contributed by atoms with Crippen LogP contribution in [0.25, 0.3) is 0 Å². The molecule has 3 aliphatic rings. The maximum Gasteiger partial charge on any atom is 0.407 e. The van der Waals surface area contributed by atoms with Crippen molar-refractivity contribution in [3.8, 4) is 0 Å². The van der Waals surface area contributed by atoms with E-state index in [2.05, 4.69) is 19.2 Å². The molecule has 0 aromatic carbocycles. The van der Waals surface area contributed by atoms with Crippen LogP contribution in [0.4, 0.5) is 4.79 Å². The van der Waals surface area contributed by atoms with Crippen molar-refractivity contribution in [2.75, 3.05) is 19.7 Å². The molecule has 7 nitrogen and oxygen atoms in total. The number of fused-ring (bicyclic) bond motifs is 1. The first-order valence-electron chi connectivity index (χ1n) is 12.5. The number of rotatable bonds is 5. The number of amides is 2. The number of alkyl carbamates (subject to hydrolysis) is 1. The minimum atomic E-state index is -0.608. The summed E-state index contributed by atoms with van der Waals surface area (Å²) in [4.78, 5) is 27.5. The monoisotopic (exact) mass is 452 g/mol. The van der Waals surface area contributed by atoms with E-state index in [0.717, 1.165) is 38.8 Å². The van der Waals surface area contributed by atoms with Gasteiger partial charge in [0.2, 0.25) is 5.91 Å². The maximum atomic E-state index is 13.2. The molecule has 2 aliphatic carbocycles. The average Bonchev–Trinajstić information content (AvgIpc) is 2.72. The van der Waals surface area contributed by atoms with Crippen LogP contribution in [0.15, 0.2) is 0 Å². The Kier molecular flexibility index (Phi) is 7.81. The number of carbonyl (C=O) groups is 2. The fraction of sp³-hybridized carbons (Fsp3) is 0.920. The summed E-state index contributed by atoms with van der Waals surface area (Å²) in [7, 11) is 0. The quantitative estimate of drug-likeness (QED) is 0.594. The molecule has 0 spiro atoms. The molecule has 0 bridgehead atoms. The van der Waals surface area contributed by atoms with Gasteiger partial charge in [0.25, 0.3) is 0 Å².